The molecule has 2 fully saturated rings. The molecule has 0 atom stereocenters. The fraction of sp³-hybridized carbons (Fsp3) is 0.714. The molecule has 0 bridgehead atoms. The molecule has 0 aromatic carbocycles. The van der Waals surface area contributed by atoms with E-state index in [-0.39, 0.29) is 0 Å². The van der Waals surface area contributed by atoms with Crippen LogP contribution in [0, 0.1) is 0 Å². The molecule has 3 rings (SSSR count). The second-order valence-electron chi connectivity index (χ2n) is 5.33. The summed E-state index contributed by atoms with van der Waals surface area (Å²) < 4.78 is 5.97. The number of nitrogens with one attached hydrogen (secondary N) is 1. The van der Waals surface area contributed by atoms with E-state index in [1.807, 2.05) is 6.07 Å². The summed E-state index contributed by atoms with van der Waals surface area (Å²) >= 11 is 0. The number of anilines is 1. The lowest BCUT2D eigenvalue weighted by Gasteiger charge is -2.28. The third-order valence-corrected chi connectivity index (χ3v) is 3.88. The molecule has 2 aliphatic rings. The molecule has 0 radical (unpaired) electrons. The van der Waals surface area contributed by atoms with E-state index >= 15 is 0 Å². The van der Waals surface area contributed by atoms with E-state index in [0.717, 1.165) is 50.7 Å². The van der Waals surface area contributed by atoms with Crippen LogP contribution in [-0.4, -0.2) is 42.3 Å². The maximum absolute atomic E-state index is 5.97. The minimum atomic E-state index is 0.297. The van der Waals surface area contributed by atoms with E-state index in [1.165, 1.54) is 19.3 Å². The predicted molar refractivity (Wildman–Crippen MR) is 74.6 cm³/mol. The van der Waals surface area contributed by atoms with Crippen LogP contribution in [-0.2, 0) is 0 Å². The van der Waals surface area contributed by atoms with Crippen molar-refractivity contribution in [3.63, 3.8) is 0 Å². The monoisotopic (exact) mass is 262 g/mol. The first-order valence-corrected chi connectivity index (χ1v) is 7.36. The van der Waals surface area contributed by atoms with Crippen LogP contribution in [0.5, 0.6) is 5.88 Å². The normalized spacial score (nSPS) is 21.4. The summed E-state index contributed by atoms with van der Waals surface area (Å²) in [5, 5.41) is 3.34. The van der Waals surface area contributed by atoms with Crippen molar-refractivity contribution in [3.8, 4) is 5.88 Å². The first-order valence-electron chi connectivity index (χ1n) is 7.36. The Balaban J connectivity index is 1.64. The summed E-state index contributed by atoms with van der Waals surface area (Å²) in [7, 11) is 0. The van der Waals surface area contributed by atoms with E-state index in [9.17, 15) is 0 Å². The van der Waals surface area contributed by atoms with Crippen LogP contribution in [0.4, 0.5) is 5.82 Å². The fourth-order valence-electron chi connectivity index (χ4n) is 2.77. The largest absolute Gasteiger partial charge is 0.474 e. The minimum absolute atomic E-state index is 0.297. The van der Waals surface area contributed by atoms with Gasteiger partial charge in [0.05, 0.1) is 0 Å². The number of rotatable bonds is 3. The average molecular weight is 262 g/mol. The molecule has 0 aliphatic carbocycles. The summed E-state index contributed by atoms with van der Waals surface area (Å²) in [5.41, 5.74) is 0. The molecule has 0 spiro atoms. The topological polar surface area (TPSA) is 50.3 Å². The molecule has 1 aromatic rings. The van der Waals surface area contributed by atoms with E-state index < -0.39 is 0 Å². The Labute approximate surface area is 114 Å². The summed E-state index contributed by atoms with van der Waals surface area (Å²) in [5.74, 6) is 1.74. The Kier molecular flexibility index (Phi) is 4.13. The van der Waals surface area contributed by atoms with Gasteiger partial charge in [0.2, 0.25) is 5.88 Å². The van der Waals surface area contributed by atoms with Crippen molar-refractivity contribution in [1.82, 2.24) is 15.3 Å². The Morgan fingerprint density at radius 3 is 2.68 bits per heavy atom. The Morgan fingerprint density at radius 2 is 1.89 bits per heavy atom. The molecule has 1 aromatic heterocycles. The lowest BCUT2D eigenvalue weighted by atomic mass is 10.1. The van der Waals surface area contributed by atoms with Gasteiger partial charge in [-0.1, -0.05) is 0 Å². The first-order chi connectivity index (χ1) is 9.42. The number of hydrogen-bond acceptors (Lipinski definition) is 5. The Bertz CT molecular complexity index is 400. The number of aromatic nitrogens is 2. The van der Waals surface area contributed by atoms with Crippen molar-refractivity contribution in [2.45, 2.75) is 38.2 Å². The van der Waals surface area contributed by atoms with Gasteiger partial charge in [-0.25, -0.2) is 9.97 Å². The van der Waals surface area contributed by atoms with Crippen LogP contribution in [0.3, 0.4) is 0 Å². The van der Waals surface area contributed by atoms with Crippen LogP contribution in [0.2, 0.25) is 0 Å². The van der Waals surface area contributed by atoms with Gasteiger partial charge in [0, 0.05) is 19.2 Å². The first kappa shape index (κ1) is 12.7. The van der Waals surface area contributed by atoms with Gasteiger partial charge in [-0.3, -0.25) is 0 Å². The Hall–Kier alpha value is -1.36. The maximum Gasteiger partial charge on any atom is 0.218 e. The second-order valence-corrected chi connectivity index (χ2v) is 5.33. The summed E-state index contributed by atoms with van der Waals surface area (Å²) in [6.45, 7) is 4.27. The smallest absolute Gasteiger partial charge is 0.218 e. The molecular formula is C14H22N4O. The highest BCUT2D eigenvalue weighted by Crippen LogP contribution is 2.21. The van der Waals surface area contributed by atoms with E-state index in [4.69, 9.17) is 4.74 Å². The molecule has 1 N–H and O–H groups in total. The van der Waals surface area contributed by atoms with Crippen LogP contribution in [0.25, 0.3) is 0 Å². The molecule has 0 unspecified atom stereocenters. The van der Waals surface area contributed by atoms with Gasteiger partial charge in [0.25, 0.3) is 0 Å². The highest BCUT2D eigenvalue weighted by molar-refractivity contribution is 5.41. The summed E-state index contributed by atoms with van der Waals surface area (Å²) in [6, 6.07) is 1.99. The van der Waals surface area contributed by atoms with Crippen LogP contribution >= 0.6 is 0 Å². The maximum atomic E-state index is 5.97. The van der Waals surface area contributed by atoms with Gasteiger partial charge in [-0.2, -0.15) is 0 Å². The summed E-state index contributed by atoms with van der Waals surface area (Å²) in [4.78, 5) is 11.0. The quantitative estimate of drug-likeness (QED) is 0.896. The van der Waals surface area contributed by atoms with Gasteiger partial charge in [0.1, 0.15) is 18.2 Å². The molecule has 0 saturated carbocycles. The van der Waals surface area contributed by atoms with Crippen molar-refractivity contribution >= 4 is 5.82 Å². The number of hydrogen-bond donors (Lipinski definition) is 1. The molecule has 104 valence electrons. The summed E-state index contributed by atoms with van der Waals surface area (Å²) in [6.07, 6.45) is 7.89. The van der Waals surface area contributed by atoms with Crippen LogP contribution in [0.15, 0.2) is 12.4 Å². The van der Waals surface area contributed by atoms with Crippen LogP contribution in [0.1, 0.15) is 32.1 Å². The van der Waals surface area contributed by atoms with E-state index in [1.54, 1.807) is 6.33 Å². The van der Waals surface area contributed by atoms with Crippen molar-refractivity contribution < 1.29 is 4.74 Å². The van der Waals surface area contributed by atoms with Gasteiger partial charge < -0.3 is 15.0 Å². The standard InChI is InChI=1S/C14H22N4O/c1-2-8-18(9-3-1)13-10-14(17-11-16-13)19-12-4-6-15-7-5-12/h10-12,15H,1-9H2. The average Bonchev–Trinajstić information content (AvgIpc) is 2.49. The van der Waals surface area contributed by atoms with Gasteiger partial charge in [-0.05, 0) is 45.2 Å². The Morgan fingerprint density at radius 1 is 1.11 bits per heavy atom. The second kappa shape index (κ2) is 6.19. The SMILES string of the molecule is c1nc(OC2CCNCC2)cc(N2CCCCC2)n1. The molecule has 3 heterocycles. The number of piperidine rings is 2. The molecule has 2 aliphatic heterocycles. The third-order valence-electron chi connectivity index (χ3n) is 3.88. The zero-order valence-electron chi connectivity index (χ0n) is 11.3. The molecule has 19 heavy (non-hydrogen) atoms. The van der Waals surface area contributed by atoms with Crippen LogP contribution < -0.4 is 15.0 Å². The molecule has 0 amide bonds. The van der Waals surface area contributed by atoms with Crippen molar-refractivity contribution in [2.24, 2.45) is 0 Å². The van der Waals surface area contributed by atoms with E-state index in [2.05, 4.69) is 20.2 Å². The van der Waals surface area contributed by atoms with Gasteiger partial charge >= 0.3 is 0 Å². The molecule has 5 heteroatoms. The fourth-order valence-corrected chi connectivity index (χ4v) is 2.77. The highest BCUT2D eigenvalue weighted by atomic mass is 16.5. The molecular weight excluding hydrogens is 240 g/mol. The zero-order valence-corrected chi connectivity index (χ0v) is 11.3. The zero-order chi connectivity index (χ0) is 12.9. The molecule has 2 saturated heterocycles. The lowest BCUT2D eigenvalue weighted by Crippen LogP contribution is -2.34. The number of ether oxygens (including phenoxy) is 1. The van der Waals surface area contributed by atoms with Crippen molar-refractivity contribution in [1.29, 1.82) is 0 Å². The number of nitrogens with zero attached hydrogens (tertiary/aromatic N) is 3. The van der Waals surface area contributed by atoms with Gasteiger partial charge in [0.15, 0.2) is 0 Å². The predicted octanol–water partition coefficient (Wildman–Crippen LogP) is 1.60. The molecule has 5 nitrogen and oxygen atoms in total. The highest BCUT2D eigenvalue weighted by Gasteiger charge is 2.17. The minimum Gasteiger partial charge on any atom is -0.474 e. The van der Waals surface area contributed by atoms with Crippen molar-refractivity contribution in [3.05, 3.63) is 12.4 Å². The lowest BCUT2D eigenvalue weighted by molar-refractivity contribution is 0.155. The van der Waals surface area contributed by atoms with Crippen molar-refractivity contribution in [2.75, 3.05) is 31.1 Å². The van der Waals surface area contributed by atoms with Gasteiger partial charge in [-0.15, -0.1) is 0 Å². The van der Waals surface area contributed by atoms with E-state index in [0.29, 0.717) is 6.10 Å². The third kappa shape index (κ3) is 3.35.